The summed E-state index contributed by atoms with van der Waals surface area (Å²) in [7, 11) is -3.43. The zero-order valence-corrected chi connectivity index (χ0v) is 17.0. The summed E-state index contributed by atoms with van der Waals surface area (Å²) in [5, 5.41) is 0. The maximum atomic E-state index is 12.4. The molecule has 2 aromatic carbocycles. The molecule has 27 heavy (non-hydrogen) atoms. The normalized spacial score (nSPS) is 15.7. The van der Waals surface area contributed by atoms with E-state index in [1.807, 2.05) is 55.5 Å². The first-order chi connectivity index (χ1) is 12.9. The standard InChI is InChI=1S/C21H29N3O2S/c1-3-11-23-12-14-24(15-13-23)21-9-7-20(8-10-21)22-27(25,26)17-19-6-4-5-18(2)16-19/h4-10,16,22H,3,11-15,17H2,1-2H3. The molecule has 1 aliphatic heterocycles. The molecule has 0 saturated carbocycles. The van der Waals surface area contributed by atoms with Gasteiger partial charge in [0, 0.05) is 37.6 Å². The lowest BCUT2D eigenvalue weighted by Crippen LogP contribution is -2.46. The van der Waals surface area contributed by atoms with E-state index >= 15 is 0 Å². The van der Waals surface area contributed by atoms with E-state index in [0.717, 1.165) is 49.5 Å². The fourth-order valence-corrected chi connectivity index (χ4v) is 4.71. The minimum absolute atomic E-state index is 0.0180. The first kappa shape index (κ1) is 19.7. The molecular weight excluding hydrogens is 358 g/mol. The third-order valence-electron chi connectivity index (χ3n) is 4.86. The van der Waals surface area contributed by atoms with E-state index in [-0.39, 0.29) is 5.75 Å². The van der Waals surface area contributed by atoms with Gasteiger partial charge in [-0.3, -0.25) is 9.62 Å². The van der Waals surface area contributed by atoms with E-state index in [1.54, 1.807) is 0 Å². The third-order valence-corrected chi connectivity index (χ3v) is 6.12. The van der Waals surface area contributed by atoms with Crippen LogP contribution in [0.1, 0.15) is 24.5 Å². The highest BCUT2D eigenvalue weighted by atomic mass is 32.2. The topological polar surface area (TPSA) is 52.6 Å². The van der Waals surface area contributed by atoms with Crippen molar-refractivity contribution in [2.75, 3.05) is 42.3 Å². The molecule has 0 bridgehead atoms. The van der Waals surface area contributed by atoms with Gasteiger partial charge in [0.05, 0.1) is 5.75 Å². The van der Waals surface area contributed by atoms with Crippen molar-refractivity contribution in [1.29, 1.82) is 0 Å². The average molecular weight is 388 g/mol. The number of piperazine rings is 1. The molecule has 5 nitrogen and oxygen atoms in total. The van der Waals surface area contributed by atoms with Gasteiger partial charge in [0.25, 0.3) is 0 Å². The summed E-state index contributed by atoms with van der Waals surface area (Å²) in [6.07, 6.45) is 1.19. The lowest BCUT2D eigenvalue weighted by atomic mass is 10.2. The lowest BCUT2D eigenvalue weighted by molar-refractivity contribution is 0.258. The number of hydrogen-bond acceptors (Lipinski definition) is 4. The van der Waals surface area contributed by atoms with Crippen molar-refractivity contribution < 1.29 is 8.42 Å². The number of benzene rings is 2. The van der Waals surface area contributed by atoms with Gasteiger partial charge in [0.1, 0.15) is 0 Å². The van der Waals surface area contributed by atoms with E-state index in [0.29, 0.717) is 5.69 Å². The number of anilines is 2. The molecule has 146 valence electrons. The summed E-state index contributed by atoms with van der Waals surface area (Å²) in [5.74, 6) is -0.0180. The predicted octanol–water partition coefficient (Wildman–Crippen LogP) is 3.47. The van der Waals surface area contributed by atoms with Crippen molar-refractivity contribution in [2.45, 2.75) is 26.0 Å². The van der Waals surface area contributed by atoms with Gasteiger partial charge in [-0.25, -0.2) is 8.42 Å². The number of nitrogens with one attached hydrogen (secondary N) is 1. The molecule has 1 heterocycles. The van der Waals surface area contributed by atoms with Crippen LogP contribution in [0.5, 0.6) is 0 Å². The van der Waals surface area contributed by atoms with Crippen molar-refractivity contribution in [3.8, 4) is 0 Å². The van der Waals surface area contributed by atoms with Gasteiger partial charge in [-0.1, -0.05) is 36.8 Å². The number of sulfonamides is 1. The van der Waals surface area contributed by atoms with Crippen molar-refractivity contribution in [2.24, 2.45) is 0 Å². The molecule has 0 atom stereocenters. The Hall–Kier alpha value is -2.05. The van der Waals surface area contributed by atoms with Crippen LogP contribution in [0, 0.1) is 6.92 Å². The summed E-state index contributed by atoms with van der Waals surface area (Å²) in [6.45, 7) is 9.53. The van der Waals surface area contributed by atoms with E-state index in [9.17, 15) is 8.42 Å². The fourth-order valence-electron chi connectivity index (χ4n) is 3.52. The third kappa shape index (κ3) is 5.71. The molecule has 0 spiro atoms. The Morgan fingerprint density at radius 3 is 2.33 bits per heavy atom. The second-order valence-corrected chi connectivity index (χ2v) is 8.95. The molecule has 1 fully saturated rings. The van der Waals surface area contributed by atoms with Crippen molar-refractivity contribution in [1.82, 2.24) is 4.90 Å². The Bertz CT molecular complexity index is 842. The first-order valence-corrected chi connectivity index (χ1v) is 11.2. The van der Waals surface area contributed by atoms with Crippen LogP contribution < -0.4 is 9.62 Å². The lowest BCUT2D eigenvalue weighted by Gasteiger charge is -2.36. The Morgan fingerprint density at radius 2 is 1.70 bits per heavy atom. The largest absolute Gasteiger partial charge is 0.369 e. The van der Waals surface area contributed by atoms with Gasteiger partial charge < -0.3 is 4.90 Å². The molecule has 1 saturated heterocycles. The molecule has 2 aromatic rings. The Morgan fingerprint density at radius 1 is 1.00 bits per heavy atom. The Labute approximate surface area is 163 Å². The smallest absolute Gasteiger partial charge is 0.236 e. The fraction of sp³-hybridized carbons (Fsp3) is 0.429. The molecule has 1 N–H and O–H groups in total. The minimum atomic E-state index is -3.43. The molecule has 3 rings (SSSR count). The van der Waals surface area contributed by atoms with Crippen LogP contribution in [-0.2, 0) is 15.8 Å². The average Bonchev–Trinajstić information content (AvgIpc) is 2.63. The number of hydrogen-bond donors (Lipinski definition) is 1. The Kier molecular flexibility index (Phi) is 6.39. The maximum absolute atomic E-state index is 12.4. The van der Waals surface area contributed by atoms with Crippen LogP contribution >= 0.6 is 0 Å². The molecule has 1 aliphatic rings. The van der Waals surface area contributed by atoms with E-state index in [4.69, 9.17) is 0 Å². The molecule has 0 amide bonds. The van der Waals surface area contributed by atoms with Gasteiger partial charge in [-0.05, 0) is 49.7 Å². The van der Waals surface area contributed by atoms with Gasteiger partial charge in [0.15, 0.2) is 0 Å². The van der Waals surface area contributed by atoms with Gasteiger partial charge in [-0.15, -0.1) is 0 Å². The number of rotatable bonds is 7. The van der Waals surface area contributed by atoms with Gasteiger partial charge in [0.2, 0.25) is 10.0 Å². The van der Waals surface area contributed by atoms with Crippen LogP contribution in [-0.4, -0.2) is 46.0 Å². The zero-order chi connectivity index (χ0) is 19.3. The molecule has 0 unspecified atom stereocenters. The molecule has 0 aliphatic carbocycles. The van der Waals surface area contributed by atoms with Crippen molar-refractivity contribution in [3.05, 3.63) is 59.7 Å². The van der Waals surface area contributed by atoms with Crippen molar-refractivity contribution >= 4 is 21.4 Å². The molecule has 0 radical (unpaired) electrons. The summed E-state index contributed by atoms with van der Waals surface area (Å²) in [6, 6.07) is 15.3. The quantitative estimate of drug-likeness (QED) is 0.790. The summed E-state index contributed by atoms with van der Waals surface area (Å²) in [5.41, 5.74) is 3.61. The van der Waals surface area contributed by atoms with Gasteiger partial charge in [-0.2, -0.15) is 0 Å². The summed E-state index contributed by atoms with van der Waals surface area (Å²) < 4.78 is 27.6. The van der Waals surface area contributed by atoms with Crippen molar-refractivity contribution in [3.63, 3.8) is 0 Å². The van der Waals surface area contributed by atoms with E-state index in [1.165, 1.54) is 6.42 Å². The van der Waals surface area contributed by atoms with E-state index in [2.05, 4.69) is 21.4 Å². The zero-order valence-electron chi connectivity index (χ0n) is 16.2. The van der Waals surface area contributed by atoms with Crippen LogP contribution in [0.15, 0.2) is 48.5 Å². The summed E-state index contributed by atoms with van der Waals surface area (Å²) in [4.78, 5) is 4.85. The highest BCUT2D eigenvalue weighted by Crippen LogP contribution is 2.21. The minimum Gasteiger partial charge on any atom is -0.369 e. The first-order valence-electron chi connectivity index (χ1n) is 9.58. The van der Waals surface area contributed by atoms with Crippen LogP contribution in [0.3, 0.4) is 0 Å². The SMILES string of the molecule is CCCN1CCN(c2ccc(NS(=O)(=O)Cc3cccc(C)c3)cc2)CC1. The maximum Gasteiger partial charge on any atom is 0.236 e. The number of nitrogens with zero attached hydrogens (tertiary/aromatic N) is 2. The summed E-state index contributed by atoms with van der Waals surface area (Å²) >= 11 is 0. The number of aryl methyl sites for hydroxylation is 1. The highest BCUT2D eigenvalue weighted by molar-refractivity contribution is 7.91. The molecular formula is C21H29N3O2S. The molecule has 0 aromatic heterocycles. The monoisotopic (exact) mass is 387 g/mol. The van der Waals surface area contributed by atoms with Crippen LogP contribution in [0.25, 0.3) is 0 Å². The van der Waals surface area contributed by atoms with Gasteiger partial charge >= 0.3 is 0 Å². The second kappa shape index (κ2) is 8.76. The molecule has 6 heteroatoms. The Balaban J connectivity index is 1.59. The predicted molar refractivity (Wildman–Crippen MR) is 113 cm³/mol. The highest BCUT2D eigenvalue weighted by Gasteiger charge is 2.17. The van der Waals surface area contributed by atoms with Crippen LogP contribution in [0.2, 0.25) is 0 Å². The second-order valence-electron chi connectivity index (χ2n) is 7.23. The van der Waals surface area contributed by atoms with Crippen LogP contribution in [0.4, 0.5) is 11.4 Å². The van der Waals surface area contributed by atoms with E-state index < -0.39 is 10.0 Å².